The zero-order chi connectivity index (χ0) is 9.68. The average molecular weight is 185 g/mol. The van der Waals surface area contributed by atoms with Gasteiger partial charge in [-0.05, 0) is 12.8 Å². The van der Waals surface area contributed by atoms with E-state index in [1.54, 1.807) is 0 Å². The van der Waals surface area contributed by atoms with Crippen molar-refractivity contribution in [2.24, 2.45) is 5.92 Å². The van der Waals surface area contributed by atoms with Crippen molar-refractivity contribution in [3.05, 3.63) is 0 Å². The highest BCUT2D eigenvalue weighted by molar-refractivity contribution is 5.75. The van der Waals surface area contributed by atoms with Crippen LogP contribution in [-0.4, -0.2) is 37.6 Å². The molecular weight excluding hydrogens is 166 g/mol. The predicted octanol–water partition coefficient (Wildman–Crippen LogP) is 1.28. The lowest BCUT2D eigenvalue weighted by Gasteiger charge is -2.19. The lowest BCUT2D eigenvalue weighted by Crippen LogP contribution is -2.31. The molecule has 1 aliphatic heterocycles. The highest BCUT2D eigenvalue weighted by Gasteiger charge is 2.19. The Balaban J connectivity index is 2.22. The van der Waals surface area contributed by atoms with E-state index in [1.165, 1.54) is 0 Å². The van der Waals surface area contributed by atoms with Crippen LogP contribution in [0.5, 0.6) is 0 Å². The third-order valence-corrected chi connectivity index (χ3v) is 2.45. The Labute approximate surface area is 80.1 Å². The minimum Gasteiger partial charge on any atom is -0.381 e. The summed E-state index contributed by atoms with van der Waals surface area (Å²) < 4.78 is 5.26. The number of rotatable bonds is 4. The van der Waals surface area contributed by atoms with Crippen LogP contribution in [0.1, 0.15) is 26.2 Å². The number of hydrogen-bond donors (Lipinski definition) is 0. The lowest BCUT2D eigenvalue weighted by molar-refractivity contribution is -0.130. The van der Waals surface area contributed by atoms with Gasteiger partial charge in [-0.2, -0.15) is 0 Å². The van der Waals surface area contributed by atoms with Crippen LogP contribution < -0.4 is 0 Å². The first-order chi connectivity index (χ1) is 6.24. The fourth-order valence-electron chi connectivity index (χ4n) is 1.62. The average Bonchev–Trinajstić information content (AvgIpc) is 2.57. The van der Waals surface area contributed by atoms with E-state index < -0.39 is 0 Å². The molecule has 0 aliphatic carbocycles. The highest BCUT2D eigenvalue weighted by atomic mass is 16.5. The van der Waals surface area contributed by atoms with Gasteiger partial charge in [0.2, 0.25) is 5.91 Å². The molecule has 0 aromatic rings. The zero-order valence-corrected chi connectivity index (χ0v) is 8.58. The van der Waals surface area contributed by atoms with Crippen molar-refractivity contribution in [2.75, 3.05) is 26.8 Å². The maximum atomic E-state index is 11.4. The Morgan fingerprint density at radius 2 is 2.38 bits per heavy atom. The van der Waals surface area contributed by atoms with Gasteiger partial charge in [0.15, 0.2) is 0 Å². The van der Waals surface area contributed by atoms with Crippen molar-refractivity contribution in [1.29, 1.82) is 0 Å². The first kappa shape index (κ1) is 10.5. The molecule has 0 saturated carbocycles. The van der Waals surface area contributed by atoms with E-state index in [2.05, 4.69) is 0 Å². The number of hydrogen-bond acceptors (Lipinski definition) is 2. The molecule has 0 radical (unpaired) electrons. The summed E-state index contributed by atoms with van der Waals surface area (Å²) in [7, 11) is 1.89. The van der Waals surface area contributed by atoms with Crippen LogP contribution in [0.15, 0.2) is 0 Å². The normalized spacial score (nSPS) is 21.8. The fraction of sp³-hybridized carbons (Fsp3) is 0.900. The molecule has 1 atom stereocenters. The summed E-state index contributed by atoms with van der Waals surface area (Å²) in [5.74, 6) is 0.820. The second-order valence-electron chi connectivity index (χ2n) is 3.75. The van der Waals surface area contributed by atoms with E-state index in [-0.39, 0.29) is 5.91 Å². The molecule has 3 heteroatoms. The molecule has 1 amide bonds. The number of carbonyl (C=O) groups is 1. The summed E-state index contributed by atoms with van der Waals surface area (Å²) in [4.78, 5) is 13.3. The van der Waals surface area contributed by atoms with E-state index in [1.807, 2.05) is 18.9 Å². The molecule has 13 heavy (non-hydrogen) atoms. The van der Waals surface area contributed by atoms with Gasteiger partial charge in [0.1, 0.15) is 0 Å². The molecule has 0 aromatic heterocycles. The Hall–Kier alpha value is -0.570. The van der Waals surface area contributed by atoms with Crippen molar-refractivity contribution < 1.29 is 9.53 Å². The van der Waals surface area contributed by atoms with Crippen molar-refractivity contribution in [1.82, 2.24) is 4.90 Å². The molecule has 1 fully saturated rings. The largest absolute Gasteiger partial charge is 0.381 e. The molecule has 1 heterocycles. The Morgan fingerprint density at radius 3 is 2.92 bits per heavy atom. The monoisotopic (exact) mass is 185 g/mol. The molecule has 1 saturated heterocycles. The van der Waals surface area contributed by atoms with Crippen LogP contribution in [0.4, 0.5) is 0 Å². The molecule has 0 aromatic carbocycles. The summed E-state index contributed by atoms with van der Waals surface area (Å²) >= 11 is 0. The smallest absolute Gasteiger partial charge is 0.222 e. The summed E-state index contributed by atoms with van der Waals surface area (Å²) in [6, 6.07) is 0. The van der Waals surface area contributed by atoms with Gasteiger partial charge in [0.25, 0.3) is 0 Å². The first-order valence-corrected chi connectivity index (χ1v) is 5.05. The van der Waals surface area contributed by atoms with Crippen molar-refractivity contribution >= 4 is 5.91 Å². The van der Waals surface area contributed by atoms with Crippen LogP contribution in [0.2, 0.25) is 0 Å². The highest BCUT2D eigenvalue weighted by Crippen LogP contribution is 2.13. The standard InChI is InChI=1S/C10H19NO2/c1-3-4-10(12)11(2)7-9-5-6-13-8-9/h9H,3-8H2,1-2H3. The summed E-state index contributed by atoms with van der Waals surface area (Å²) in [6.07, 6.45) is 2.71. The first-order valence-electron chi connectivity index (χ1n) is 5.05. The topological polar surface area (TPSA) is 29.5 Å². The Kier molecular flexibility index (Phi) is 4.22. The van der Waals surface area contributed by atoms with Crippen molar-refractivity contribution in [3.63, 3.8) is 0 Å². The summed E-state index contributed by atoms with van der Waals surface area (Å²) in [5.41, 5.74) is 0. The maximum Gasteiger partial charge on any atom is 0.222 e. The van der Waals surface area contributed by atoms with Crippen molar-refractivity contribution in [3.8, 4) is 0 Å². The van der Waals surface area contributed by atoms with Crippen LogP contribution in [0.25, 0.3) is 0 Å². The van der Waals surface area contributed by atoms with Crippen LogP contribution in [0, 0.1) is 5.92 Å². The quantitative estimate of drug-likeness (QED) is 0.660. The van der Waals surface area contributed by atoms with Gasteiger partial charge < -0.3 is 9.64 Å². The van der Waals surface area contributed by atoms with E-state index in [4.69, 9.17) is 4.74 Å². The van der Waals surface area contributed by atoms with Gasteiger partial charge in [-0.3, -0.25) is 4.79 Å². The van der Waals surface area contributed by atoms with Gasteiger partial charge >= 0.3 is 0 Å². The van der Waals surface area contributed by atoms with Crippen LogP contribution in [-0.2, 0) is 9.53 Å². The summed E-state index contributed by atoms with van der Waals surface area (Å²) in [5, 5.41) is 0. The van der Waals surface area contributed by atoms with E-state index in [9.17, 15) is 4.79 Å². The molecule has 0 spiro atoms. The molecule has 1 unspecified atom stereocenters. The molecular formula is C10H19NO2. The molecule has 1 aliphatic rings. The van der Waals surface area contributed by atoms with Crippen LogP contribution >= 0.6 is 0 Å². The van der Waals surface area contributed by atoms with Gasteiger partial charge in [-0.1, -0.05) is 6.92 Å². The Bertz CT molecular complexity index is 164. The SMILES string of the molecule is CCCC(=O)N(C)CC1CCOC1. The van der Waals surface area contributed by atoms with E-state index >= 15 is 0 Å². The molecule has 76 valence electrons. The Morgan fingerprint density at radius 1 is 1.62 bits per heavy atom. The maximum absolute atomic E-state index is 11.4. The third-order valence-electron chi connectivity index (χ3n) is 2.45. The minimum absolute atomic E-state index is 0.259. The number of ether oxygens (including phenoxy) is 1. The van der Waals surface area contributed by atoms with Gasteiger partial charge in [0, 0.05) is 32.5 Å². The lowest BCUT2D eigenvalue weighted by atomic mass is 10.1. The van der Waals surface area contributed by atoms with Gasteiger partial charge in [-0.25, -0.2) is 0 Å². The third kappa shape index (κ3) is 3.35. The number of carbonyl (C=O) groups excluding carboxylic acids is 1. The van der Waals surface area contributed by atoms with Crippen molar-refractivity contribution in [2.45, 2.75) is 26.2 Å². The number of amides is 1. The van der Waals surface area contributed by atoms with Gasteiger partial charge in [0.05, 0.1) is 6.61 Å². The molecule has 1 rings (SSSR count). The predicted molar refractivity (Wildman–Crippen MR) is 51.5 cm³/mol. The molecule has 3 nitrogen and oxygen atoms in total. The molecule has 0 N–H and O–H groups in total. The van der Waals surface area contributed by atoms with E-state index in [0.29, 0.717) is 12.3 Å². The van der Waals surface area contributed by atoms with E-state index in [0.717, 1.165) is 32.6 Å². The minimum atomic E-state index is 0.259. The zero-order valence-electron chi connectivity index (χ0n) is 8.58. The second kappa shape index (κ2) is 5.22. The second-order valence-corrected chi connectivity index (χ2v) is 3.75. The fourth-order valence-corrected chi connectivity index (χ4v) is 1.62. The van der Waals surface area contributed by atoms with Crippen LogP contribution in [0.3, 0.4) is 0 Å². The number of nitrogens with zero attached hydrogens (tertiary/aromatic N) is 1. The van der Waals surface area contributed by atoms with Gasteiger partial charge in [-0.15, -0.1) is 0 Å². The molecule has 0 bridgehead atoms. The summed E-state index contributed by atoms with van der Waals surface area (Å²) in [6.45, 7) is 4.58.